The normalized spacial score (nSPS) is 17.5. The van der Waals surface area contributed by atoms with Crippen molar-refractivity contribution in [1.82, 2.24) is 15.4 Å². The molecule has 1 aromatic rings. The number of fused-ring (bicyclic) bond motifs is 1. The van der Waals surface area contributed by atoms with Crippen molar-refractivity contribution in [3.63, 3.8) is 0 Å². The van der Waals surface area contributed by atoms with Crippen molar-refractivity contribution in [3.8, 4) is 0 Å². The van der Waals surface area contributed by atoms with E-state index in [0.29, 0.717) is 17.9 Å². The Kier molecular flexibility index (Phi) is 7.65. The van der Waals surface area contributed by atoms with E-state index in [1.807, 2.05) is 6.92 Å². The maximum absolute atomic E-state index is 12.0. The molecular formula is C15H23ClN4O3S. The summed E-state index contributed by atoms with van der Waals surface area (Å²) in [7, 11) is -3.54. The number of amidine groups is 1. The number of amides is 1. The van der Waals surface area contributed by atoms with Gasteiger partial charge in [0.15, 0.2) is 0 Å². The quantitative estimate of drug-likeness (QED) is 0.610. The van der Waals surface area contributed by atoms with E-state index >= 15 is 0 Å². The Morgan fingerprint density at radius 1 is 1.29 bits per heavy atom. The molecule has 1 aliphatic rings. The van der Waals surface area contributed by atoms with Crippen LogP contribution in [0.3, 0.4) is 0 Å². The van der Waals surface area contributed by atoms with Crippen molar-refractivity contribution in [2.45, 2.75) is 31.2 Å². The number of hydrogen-bond donors (Lipinski definition) is 3. The molecule has 9 heteroatoms. The molecule has 0 saturated carbocycles. The lowest BCUT2D eigenvalue weighted by Gasteiger charge is -2.09. The molecule has 2 rings (SSSR count). The number of nitrogens with one attached hydrogen (secondary N) is 3. The van der Waals surface area contributed by atoms with Gasteiger partial charge in [0.2, 0.25) is 5.91 Å². The number of hydrogen-bond acceptors (Lipinski definition) is 5. The van der Waals surface area contributed by atoms with Crippen LogP contribution in [0.15, 0.2) is 34.2 Å². The van der Waals surface area contributed by atoms with E-state index in [-0.39, 0.29) is 35.7 Å². The van der Waals surface area contributed by atoms with Crippen LogP contribution >= 0.6 is 12.4 Å². The highest BCUT2D eigenvalue weighted by molar-refractivity contribution is 7.90. The van der Waals surface area contributed by atoms with E-state index in [9.17, 15) is 13.2 Å². The number of benzene rings is 1. The van der Waals surface area contributed by atoms with E-state index < -0.39 is 10.0 Å². The zero-order valence-electron chi connectivity index (χ0n) is 13.7. The number of halogens is 1. The number of aliphatic imine (C=N–C) groups is 1. The van der Waals surface area contributed by atoms with Crippen molar-refractivity contribution in [2.24, 2.45) is 4.99 Å². The number of likely N-dealkylation sites (N-methyl/N-ethyl adjacent to an activating group) is 1. The molecule has 7 nitrogen and oxygen atoms in total. The number of carbonyl (C=O) groups is 1. The number of rotatable bonds is 7. The average Bonchev–Trinajstić information content (AvgIpc) is 2.75. The molecule has 0 aliphatic carbocycles. The first-order chi connectivity index (χ1) is 10.9. The van der Waals surface area contributed by atoms with Crippen LogP contribution in [0, 0.1) is 0 Å². The SMILES string of the molecule is CCNCCNC(=O)CC(C)N=C1NS(=O)(=O)c2ccccc21.Cl. The van der Waals surface area contributed by atoms with Crippen molar-refractivity contribution >= 4 is 34.2 Å². The van der Waals surface area contributed by atoms with Crippen LogP contribution in [0.5, 0.6) is 0 Å². The van der Waals surface area contributed by atoms with Crippen LogP contribution in [0.1, 0.15) is 25.8 Å². The minimum Gasteiger partial charge on any atom is -0.355 e. The standard InChI is InChI=1S/C15H22N4O3S.ClH/c1-3-16-8-9-17-14(20)10-11(2)18-15-12-6-4-5-7-13(12)23(21,22)19-15;/h4-7,11,16H,3,8-10H2,1-2H3,(H,17,20)(H,18,19);1H. The molecule has 0 aromatic heterocycles. The van der Waals surface area contributed by atoms with Crippen molar-refractivity contribution in [3.05, 3.63) is 29.8 Å². The summed E-state index contributed by atoms with van der Waals surface area (Å²) in [6.45, 7) is 5.93. The molecule has 0 saturated heterocycles. The second kappa shape index (κ2) is 9.00. The Labute approximate surface area is 148 Å². The van der Waals surface area contributed by atoms with E-state index in [0.717, 1.165) is 13.1 Å². The molecule has 0 spiro atoms. The minimum atomic E-state index is -3.54. The second-order valence-electron chi connectivity index (χ2n) is 5.34. The summed E-state index contributed by atoms with van der Waals surface area (Å²) in [4.78, 5) is 16.4. The Hall–Kier alpha value is -1.64. The highest BCUT2D eigenvalue weighted by Crippen LogP contribution is 2.22. The lowest BCUT2D eigenvalue weighted by molar-refractivity contribution is -0.121. The summed E-state index contributed by atoms with van der Waals surface area (Å²) >= 11 is 0. The van der Waals surface area contributed by atoms with Gasteiger partial charge in [-0.05, 0) is 25.6 Å². The minimum absolute atomic E-state index is 0. The van der Waals surface area contributed by atoms with Gasteiger partial charge in [-0.3, -0.25) is 14.5 Å². The predicted molar refractivity (Wildman–Crippen MR) is 96.2 cm³/mol. The molecule has 1 unspecified atom stereocenters. The van der Waals surface area contributed by atoms with E-state index in [2.05, 4.69) is 20.3 Å². The fourth-order valence-corrected chi connectivity index (χ4v) is 3.54. The highest BCUT2D eigenvalue weighted by Gasteiger charge is 2.30. The Morgan fingerprint density at radius 3 is 2.71 bits per heavy atom. The zero-order valence-corrected chi connectivity index (χ0v) is 15.3. The fraction of sp³-hybridized carbons (Fsp3) is 0.467. The van der Waals surface area contributed by atoms with Crippen LogP contribution in [-0.2, 0) is 14.8 Å². The molecule has 1 aliphatic heterocycles. The third kappa shape index (κ3) is 5.19. The maximum Gasteiger partial charge on any atom is 0.263 e. The summed E-state index contributed by atoms with van der Waals surface area (Å²) in [5.74, 6) is 0.197. The van der Waals surface area contributed by atoms with Gasteiger partial charge in [0.05, 0.1) is 10.9 Å². The van der Waals surface area contributed by atoms with Crippen molar-refractivity contribution in [2.75, 3.05) is 19.6 Å². The third-order valence-corrected chi connectivity index (χ3v) is 4.76. The number of nitrogens with zero attached hydrogens (tertiary/aromatic N) is 1. The molecule has 1 atom stereocenters. The maximum atomic E-state index is 12.0. The van der Waals surface area contributed by atoms with Crippen LogP contribution in [-0.4, -0.2) is 45.8 Å². The Morgan fingerprint density at radius 2 is 2.00 bits per heavy atom. The molecule has 3 N–H and O–H groups in total. The van der Waals surface area contributed by atoms with Crippen LogP contribution < -0.4 is 15.4 Å². The van der Waals surface area contributed by atoms with E-state index in [4.69, 9.17) is 0 Å². The van der Waals surface area contributed by atoms with Gasteiger partial charge >= 0.3 is 0 Å². The molecule has 0 fully saturated rings. The van der Waals surface area contributed by atoms with E-state index in [1.165, 1.54) is 6.07 Å². The first kappa shape index (κ1) is 20.4. The second-order valence-corrected chi connectivity index (χ2v) is 6.99. The smallest absolute Gasteiger partial charge is 0.263 e. The lowest BCUT2D eigenvalue weighted by atomic mass is 10.2. The number of carbonyl (C=O) groups excluding carboxylic acids is 1. The number of sulfonamides is 1. The lowest BCUT2D eigenvalue weighted by Crippen LogP contribution is -2.33. The summed E-state index contributed by atoms with van der Waals surface area (Å²) in [5, 5.41) is 5.92. The fourth-order valence-electron chi connectivity index (χ4n) is 2.30. The van der Waals surface area contributed by atoms with Crippen LogP contribution in [0.2, 0.25) is 0 Å². The molecule has 1 heterocycles. The van der Waals surface area contributed by atoms with Gasteiger partial charge in [-0.1, -0.05) is 19.1 Å². The third-order valence-electron chi connectivity index (χ3n) is 3.37. The molecule has 0 radical (unpaired) electrons. The largest absolute Gasteiger partial charge is 0.355 e. The summed E-state index contributed by atoms with van der Waals surface area (Å²) in [5.41, 5.74) is 0.548. The molecule has 24 heavy (non-hydrogen) atoms. The average molecular weight is 375 g/mol. The van der Waals surface area contributed by atoms with Gasteiger partial charge in [-0.15, -0.1) is 12.4 Å². The van der Waals surface area contributed by atoms with E-state index in [1.54, 1.807) is 25.1 Å². The van der Waals surface area contributed by atoms with Gasteiger partial charge in [0.25, 0.3) is 10.0 Å². The molecule has 134 valence electrons. The Bertz CT molecular complexity index is 706. The van der Waals surface area contributed by atoms with Crippen LogP contribution in [0.4, 0.5) is 0 Å². The predicted octanol–water partition coefficient (Wildman–Crippen LogP) is 0.651. The van der Waals surface area contributed by atoms with Gasteiger partial charge in [-0.2, -0.15) is 0 Å². The topological polar surface area (TPSA) is 99.7 Å². The molecule has 0 bridgehead atoms. The van der Waals surface area contributed by atoms with Crippen molar-refractivity contribution < 1.29 is 13.2 Å². The first-order valence-corrected chi connectivity index (χ1v) is 9.09. The summed E-state index contributed by atoms with van der Waals surface area (Å²) in [6, 6.07) is 6.35. The summed E-state index contributed by atoms with van der Waals surface area (Å²) < 4.78 is 26.4. The van der Waals surface area contributed by atoms with Gasteiger partial charge in [0.1, 0.15) is 5.84 Å². The molecular weight excluding hydrogens is 352 g/mol. The highest BCUT2D eigenvalue weighted by atomic mass is 35.5. The van der Waals surface area contributed by atoms with Gasteiger partial charge < -0.3 is 10.6 Å². The monoisotopic (exact) mass is 374 g/mol. The van der Waals surface area contributed by atoms with Gasteiger partial charge in [-0.25, -0.2) is 8.42 Å². The Balaban J connectivity index is 0.00000288. The van der Waals surface area contributed by atoms with Crippen molar-refractivity contribution in [1.29, 1.82) is 0 Å². The zero-order chi connectivity index (χ0) is 16.9. The van der Waals surface area contributed by atoms with Crippen LogP contribution in [0.25, 0.3) is 0 Å². The summed E-state index contributed by atoms with van der Waals surface area (Å²) in [6.07, 6.45) is 0.208. The first-order valence-electron chi connectivity index (χ1n) is 7.61. The molecule has 1 aromatic carbocycles. The van der Waals surface area contributed by atoms with Gasteiger partial charge in [0, 0.05) is 25.1 Å². The molecule has 1 amide bonds.